The standard InChI is InChI=1S/C11H15NS/c1-2-11(12-8-9-13-11)10-6-4-3-5-7-10/h3-7,12H,2,8-9H2,1H3. The molecule has 2 heteroatoms. The van der Waals surface area contributed by atoms with Crippen molar-refractivity contribution in [1.29, 1.82) is 0 Å². The van der Waals surface area contributed by atoms with Crippen LogP contribution in [0.1, 0.15) is 18.9 Å². The van der Waals surface area contributed by atoms with Gasteiger partial charge in [0, 0.05) is 12.3 Å². The number of rotatable bonds is 2. The van der Waals surface area contributed by atoms with Gasteiger partial charge in [0.25, 0.3) is 0 Å². The summed E-state index contributed by atoms with van der Waals surface area (Å²) in [5.74, 6) is 1.22. The summed E-state index contributed by atoms with van der Waals surface area (Å²) in [5.41, 5.74) is 1.42. The molecule has 1 aliphatic rings. The largest absolute Gasteiger partial charge is 0.298 e. The predicted octanol–water partition coefficient (Wildman–Crippen LogP) is 2.59. The fourth-order valence-corrected chi connectivity index (χ4v) is 3.12. The Kier molecular flexibility index (Phi) is 2.61. The van der Waals surface area contributed by atoms with Crippen LogP contribution in [0.2, 0.25) is 0 Å². The molecule has 13 heavy (non-hydrogen) atoms. The molecule has 0 bridgehead atoms. The maximum atomic E-state index is 3.60. The Morgan fingerprint density at radius 2 is 2.15 bits per heavy atom. The van der Waals surface area contributed by atoms with E-state index in [1.54, 1.807) is 0 Å². The van der Waals surface area contributed by atoms with Gasteiger partial charge in [0.1, 0.15) is 0 Å². The van der Waals surface area contributed by atoms with E-state index in [4.69, 9.17) is 0 Å². The van der Waals surface area contributed by atoms with E-state index in [1.807, 2.05) is 11.8 Å². The van der Waals surface area contributed by atoms with Crippen LogP contribution in [0.25, 0.3) is 0 Å². The molecule has 0 radical (unpaired) electrons. The van der Waals surface area contributed by atoms with Crippen LogP contribution in [0.4, 0.5) is 0 Å². The van der Waals surface area contributed by atoms with E-state index in [0.29, 0.717) is 0 Å². The number of benzene rings is 1. The molecule has 70 valence electrons. The highest BCUT2D eigenvalue weighted by atomic mass is 32.2. The van der Waals surface area contributed by atoms with E-state index in [1.165, 1.54) is 11.3 Å². The van der Waals surface area contributed by atoms with Crippen molar-refractivity contribution in [2.45, 2.75) is 18.2 Å². The van der Waals surface area contributed by atoms with Crippen LogP contribution in [0.3, 0.4) is 0 Å². The Bertz CT molecular complexity index is 265. The average molecular weight is 193 g/mol. The van der Waals surface area contributed by atoms with Crippen LogP contribution in [0.5, 0.6) is 0 Å². The summed E-state index contributed by atoms with van der Waals surface area (Å²) in [6, 6.07) is 10.7. The quantitative estimate of drug-likeness (QED) is 0.775. The van der Waals surface area contributed by atoms with Crippen molar-refractivity contribution in [2.24, 2.45) is 0 Å². The van der Waals surface area contributed by atoms with Gasteiger partial charge >= 0.3 is 0 Å². The summed E-state index contributed by atoms with van der Waals surface area (Å²) >= 11 is 2.03. The third kappa shape index (κ3) is 1.61. The molecule has 1 aromatic rings. The first-order chi connectivity index (χ1) is 6.37. The molecule has 1 aliphatic heterocycles. The minimum absolute atomic E-state index is 0.196. The highest BCUT2D eigenvalue weighted by molar-refractivity contribution is 8.00. The van der Waals surface area contributed by atoms with E-state index in [0.717, 1.165) is 13.0 Å². The van der Waals surface area contributed by atoms with Crippen LogP contribution in [0, 0.1) is 0 Å². The summed E-state index contributed by atoms with van der Waals surface area (Å²) < 4.78 is 0. The summed E-state index contributed by atoms with van der Waals surface area (Å²) in [5, 5.41) is 3.60. The Balaban J connectivity index is 2.31. The normalized spacial score (nSPS) is 27.8. The highest BCUT2D eigenvalue weighted by Crippen LogP contribution is 2.39. The van der Waals surface area contributed by atoms with Crippen LogP contribution in [-0.4, -0.2) is 12.3 Å². The van der Waals surface area contributed by atoms with Crippen molar-refractivity contribution in [2.75, 3.05) is 12.3 Å². The fraction of sp³-hybridized carbons (Fsp3) is 0.455. The monoisotopic (exact) mass is 193 g/mol. The molecular weight excluding hydrogens is 178 g/mol. The lowest BCUT2D eigenvalue weighted by Crippen LogP contribution is -2.33. The van der Waals surface area contributed by atoms with Gasteiger partial charge in [-0.05, 0) is 12.0 Å². The SMILES string of the molecule is CCC1(c2ccccc2)NCCS1. The Labute approximate surface area is 83.9 Å². The van der Waals surface area contributed by atoms with Crippen LogP contribution in [-0.2, 0) is 4.87 Å². The van der Waals surface area contributed by atoms with E-state index in [2.05, 4.69) is 42.6 Å². The first-order valence-electron chi connectivity index (χ1n) is 4.82. The van der Waals surface area contributed by atoms with Crippen molar-refractivity contribution in [3.63, 3.8) is 0 Å². The third-order valence-electron chi connectivity index (χ3n) is 2.60. The zero-order valence-corrected chi connectivity index (χ0v) is 8.73. The van der Waals surface area contributed by atoms with Gasteiger partial charge in [-0.3, -0.25) is 5.32 Å². The zero-order chi connectivity index (χ0) is 9.15. The first-order valence-corrected chi connectivity index (χ1v) is 5.80. The molecule has 1 aromatic carbocycles. The summed E-state index contributed by atoms with van der Waals surface area (Å²) in [4.78, 5) is 0.196. The van der Waals surface area contributed by atoms with Crippen LogP contribution >= 0.6 is 11.8 Å². The molecular formula is C11H15NS. The van der Waals surface area contributed by atoms with Crippen molar-refractivity contribution >= 4 is 11.8 Å². The minimum atomic E-state index is 0.196. The molecule has 1 unspecified atom stereocenters. The molecule has 2 rings (SSSR count). The molecule has 0 saturated carbocycles. The molecule has 0 aliphatic carbocycles. The third-order valence-corrected chi connectivity index (χ3v) is 4.17. The van der Waals surface area contributed by atoms with Gasteiger partial charge in [-0.25, -0.2) is 0 Å². The summed E-state index contributed by atoms with van der Waals surface area (Å²) in [6.45, 7) is 3.38. The first kappa shape index (κ1) is 9.10. The minimum Gasteiger partial charge on any atom is -0.298 e. The lowest BCUT2D eigenvalue weighted by molar-refractivity contribution is 0.509. The number of thioether (sulfide) groups is 1. The van der Waals surface area contributed by atoms with Crippen LogP contribution < -0.4 is 5.32 Å². The van der Waals surface area contributed by atoms with Crippen molar-refractivity contribution in [3.05, 3.63) is 35.9 Å². The van der Waals surface area contributed by atoms with E-state index >= 15 is 0 Å². The second-order valence-corrected chi connectivity index (χ2v) is 4.72. The van der Waals surface area contributed by atoms with Crippen molar-refractivity contribution in [1.82, 2.24) is 5.32 Å². The Morgan fingerprint density at radius 1 is 1.38 bits per heavy atom. The second-order valence-electron chi connectivity index (χ2n) is 3.32. The van der Waals surface area contributed by atoms with E-state index < -0.39 is 0 Å². The fourth-order valence-electron chi connectivity index (χ4n) is 1.85. The number of hydrogen-bond donors (Lipinski definition) is 1. The van der Waals surface area contributed by atoms with Gasteiger partial charge < -0.3 is 0 Å². The molecule has 0 spiro atoms. The zero-order valence-electron chi connectivity index (χ0n) is 7.92. The Hall–Kier alpha value is -0.470. The van der Waals surface area contributed by atoms with Gasteiger partial charge in [0.05, 0.1) is 4.87 Å². The summed E-state index contributed by atoms with van der Waals surface area (Å²) in [7, 11) is 0. The van der Waals surface area contributed by atoms with Gasteiger partial charge in [-0.1, -0.05) is 37.3 Å². The molecule has 1 nitrogen and oxygen atoms in total. The lowest BCUT2D eigenvalue weighted by Gasteiger charge is -2.27. The topological polar surface area (TPSA) is 12.0 Å². The van der Waals surface area contributed by atoms with E-state index in [9.17, 15) is 0 Å². The van der Waals surface area contributed by atoms with Crippen LogP contribution in [0.15, 0.2) is 30.3 Å². The van der Waals surface area contributed by atoms with Crippen molar-refractivity contribution in [3.8, 4) is 0 Å². The summed E-state index contributed by atoms with van der Waals surface area (Å²) in [6.07, 6.45) is 1.15. The number of nitrogens with one attached hydrogen (secondary N) is 1. The smallest absolute Gasteiger partial charge is 0.0899 e. The van der Waals surface area contributed by atoms with Crippen molar-refractivity contribution < 1.29 is 0 Å². The predicted molar refractivity (Wildman–Crippen MR) is 58.9 cm³/mol. The van der Waals surface area contributed by atoms with E-state index in [-0.39, 0.29) is 4.87 Å². The Morgan fingerprint density at radius 3 is 2.69 bits per heavy atom. The van der Waals surface area contributed by atoms with Gasteiger partial charge in [-0.15, -0.1) is 11.8 Å². The molecule has 1 atom stereocenters. The molecule has 0 aromatic heterocycles. The molecule has 1 N–H and O–H groups in total. The molecule has 1 fully saturated rings. The highest BCUT2D eigenvalue weighted by Gasteiger charge is 2.33. The lowest BCUT2D eigenvalue weighted by atomic mass is 10.0. The second kappa shape index (κ2) is 3.72. The average Bonchev–Trinajstić information content (AvgIpc) is 2.69. The van der Waals surface area contributed by atoms with Gasteiger partial charge in [0.2, 0.25) is 0 Å². The molecule has 1 saturated heterocycles. The maximum Gasteiger partial charge on any atom is 0.0899 e. The molecule has 0 amide bonds. The molecule has 1 heterocycles. The van der Waals surface area contributed by atoms with Gasteiger partial charge in [-0.2, -0.15) is 0 Å². The van der Waals surface area contributed by atoms with Gasteiger partial charge in [0.15, 0.2) is 0 Å². The number of hydrogen-bond acceptors (Lipinski definition) is 2. The maximum absolute atomic E-state index is 3.60.